The van der Waals surface area contributed by atoms with Crippen LogP contribution in [0, 0.1) is 0 Å². The quantitative estimate of drug-likeness (QED) is 0.518. The molecule has 0 spiro atoms. The molecule has 5 nitrogen and oxygen atoms in total. The smallest absolute Gasteiger partial charge is 0.154 e. The summed E-state index contributed by atoms with van der Waals surface area (Å²) in [6.45, 7) is 1.74. The van der Waals surface area contributed by atoms with Gasteiger partial charge in [0.1, 0.15) is 11.9 Å². The summed E-state index contributed by atoms with van der Waals surface area (Å²) in [7, 11) is -2.91. The molecular weight excluding hydrogens is 266 g/mol. The van der Waals surface area contributed by atoms with Gasteiger partial charge in [0.25, 0.3) is 0 Å². The fourth-order valence-corrected chi connectivity index (χ4v) is 3.65. The number of benzene rings is 1. The first-order valence-electron chi connectivity index (χ1n) is 6.12. The lowest BCUT2D eigenvalue weighted by molar-refractivity contribution is 0.229. The van der Waals surface area contributed by atoms with E-state index in [2.05, 4.69) is 5.16 Å². The van der Waals surface area contributed by atoms with Crippen molar-refractivity contribution < 1.29 is 18.4 Å². The van der Waals surface area contributed by atoms with Gasteiger partial charge >= 0.3 is 0 Å². The van der Waals surface area contributed by atoms with Crippen LogP contribution >= 0.6 is 0 Å². The van der Waals surface area contributed by atoms with Crippen molar-refractivity contribution in [3.05, 3.63) is 29.8 Å². The van der Waals surface area contributed by atoms with Gasteiger partial charge < -0.3 is 9.94 Å². The van der Waals surface area contributed by atoms with E-state index in [4.69, 9.17) is 9.94 Å². The number of hydrogen-bond acceptors (Lipinski definition) is 5. The molecule has 0 aliphatic carbocycles. The SMILES string of the molecule is C/C(Cc1ccc(OC2CCS(=O)(=O)C2)cc1)=N/O. The molecule has 0 bridgehead atoms. The molecular formula is C13H17NO4S. The minimum atomic E-state index is -2.91. The maximum atomic E-state index is 11.3. The first-order valence-corrected chi connectivity index (χ1v) is 7.94. The van der Waals surface area contributed by atoms with E-state index in [1.165, 1.54) is 0 Å². The normalized spacial score (nSPS) is 22.4. The summed E-state index contributed by atoms with van der Waals surface area (Å²) in [5, 5.41) is 11.7. The molecule has 1 N–H and O–H groups in total. The Hall–Kier alpha value is -1.56. The fourth-order valence-electron chi connectivity index (χ4n) is 2.06. The van der Waals surface area contributed by atoms with Crippen molar-refractivity contribution in [1.29, 1.82) is 0 Å². The molecule has 1 heterocycles. The number of hydrogen-bond donors (Lipinski definition) is 1. The molecule has 0 saturated carbocycles. The Balaban J connectivity index is 1.96. The molecule has 1 saturated heterocycles. The van der Waals surface area contributed by atoms with E-state index < -0.39 is 9.84 Å². The lowest BCUT2D eigenvalue weighted by Gasteiger charge is -2.12. The summed E-state index contributed by atoms with van der Waals surface area (Å²) in [6.07, 6.45) is 0.895. The summed E-state index contributed by atoms with van der Waals surface area (Å²) in [6, 6.07) is 7.39. The molecule has 1 atom stereocenters. The van der Waals surface area contributed by atoms with Crippen molar-refractivity contribution >= 4 is 15.5 Å². The van der Waals surface area contributed by atoms with Gasteiger partial charge in [0.05, 0.1) is 17.2 Å². The molecule has 0 amide bonds. The third-order valence-electron chi connectivity index (χ3n) is 3.05. The van der Waals surface area contributed by atoms with Crippen molar-refractivity contribution in [2.45, 2.75) is 25.9 Å². The maximum Gasteiger partial charge on any atom is 0.154 e. The van der Waals surface area contributed by atoms with E-state index in [1.807, 2.05) is 24.3 Å². The topological polar surface area (TPSA) is 76.0 Å². The molecule has 6 heteroatoms. The Morgan fingerprint density at radius 3 is 2.63 bits per heavy atom. The van der Waals surface area contributed by atoms with Crippen molar-refractivity contribution in [1.82, 2.24) is 0 Å². The Kier molecular flexibility index (Phi) is 4.09. The molecule has 1 aliphatic heterocycles. The van der Waals surface area contributed by atoms with E-state index in [0.717, 1.165) is 5.56 Å². The Labute approximate surface area is 112 Å². The predicted octanol–water partition coefficient (Wildman–Crippen LogP) is 1.65. The van der Waals surface area contributed by atoms with Crippen LogP contribution < -0.4 is 4.74 Å². The van der Waals surface area contributed by atoms with Gasteiger partial charge in [-0.2, -0.15) is 0 Å². The highest BCUT2D eigenvalue weighted by Gasteiger charge is 2.29. The number of ether oxygens (including phenoxy) is 1. The third kappa shape index (κ3) is 3.96. The van der Waals surface area contributed by atoms with Crippen molar-refractivity contribution in [2.24, 2.45) is 5.16 Å². The molecule has 1 fully saturated rings. The van der Waals surface area contributed by atoms with Gasteiger partial charge in [-0.15, -0.1) is 0 Å². The van der Waals surface area contributed by atoms with Gasteiger partial charge in [0.2, 0.25) is 0 Å². The van der Waals surface area contributed by atoms with E-state index in [-0.39, 0.29) is 17.6 Å². The maximum absolute atomic E-state index is 11.3. The average molecular weight is 283 g/mol. The van der Waals surface area contributed by atoms with E-state index >= 15 is 0 Å². The first kappa shape index (κ1) is 13.9. The van der Waals surface area contributed by atoms with Gasteiger partial charge in [0, 0.05) is 6.42 Å². The second-order valence-electron chi connectivity index (χ2n) is 4.80. The lowest BCUT2D eigenvalue weighted by Crippen LogP contribution is -2.17. The highest BCUT2D eigenvalue weighted by atomic mass is 32.2. The molecule has 2 rings (SSSR count). The lowest BCUT2D eigenvalue weighted by atomic mass is 10.1. The zero-order valence-corrected chi connectivity index (χ0v) is 11.6. The van der Waals surface area contributed by atoms with Crippen LogP contribution in [0.5, 0.6) is 5.75 Å². The van der Waals surface area contributed by atoms with Gasteiger partial charge in [-0.3, -0.25) is 0 Å². The van der Waals surface area contributed by atoms with Crippen LogP contribution in [0.1, 0.15) is 18.9 Å². The van der Waals surface area contributed by atoms with Gasteiger partial charge in [-0.25, -0.2) is 8.42 Å². The summed E-state index contributed by atoms with van der Waals surface area (Å²) >= 11 is 0. The Morgan fingerprint density at radius 1 is 1.42 bits per heavy atom. The predicted molar refractivity (Wildman–Crippen MR) is 72.7 cm³/mol. The molecule has 1 aromatic carbocycles. The van der Waals surface area contributed by atoms with Crippen molar-refractivity contribution in [3.63, 3.8) is 0 Å². The highest BCUT2D eigenvalue weighted by Crippen LogP contribution is 2.20. The fraction of sp³-hybridized carbons (Fsp3) is 0.462. The summed E-state index contributed by atoms with van der Waals surface area (Å²) < 4.78 is 28.3. The van der Waals surface area contributed by atoms with Crippen LogP contribution in [0.4, 0.5) is 0 Å². The first-order chi connectivity index (χ1) is 8.98. The Bertz CT molecular complexity index is 563. The van der Waals surface area contributed by atoms with Crippen LogP contribution in [0.25, 0.3) is 0 Å². The number of sulfone groups is 1. The van der Waals surface area contributed by atoms with E-state index in [9.17, 15) is 8.42 Å². The monoisotopic (exact) mass is 283 g/mol. The van der Waals surface area contributed by atoms with Crippen LogP contribution in [0.15, 0.2) is 29.4 Å². The van der Waals surface area contributed by atoms with Gasteiger partial charge in [0.15, 0.2) is 9.84 Å². The number of oxime groups is 1. The van der Waals surface area contributed by atoms with E-state index in [1.54, 1.807) is 6.92 Å². The molecule has 1 aliphatic rings. The second kappa shape index (κ2) is 5.61. The molecule has 1 unspecified atom stereocenters. The van der Waals surface area contributed by atoms with Crippen LogP contribution in [-0.4, -0.2) is 36.9 Å². The van der Waals surface area contributed by atoms with Crippen LogP contribution in [0.2, 0.25) is 0 Å². The standard InChI is InChI=1S/C13H17NO4S/c1-10(14-15)8-11-2-4-12(5-3-11)18-13-6-7-19(16,17)9-13/h2-5,13,15H,6-9H2,1H3/b14-10-. The van der Waals surface area contributed by atoms with E-state index in [0.29, 0.717) is 24.3 Å². The summed E-state index contributed by atoms with van der Waals surface area (Å²) in [5.74, 6) is 0.983. The van der Waals surface area contributed by atoms with Crippen molar-refractivity contribution in [3.8, 4) is 5.75 Å². The largest absolute Gasteiger partial charge is 0.489 e. The highest BCUT2D eigenvalue weighted by molar-refractivity contribution is 7.91. The molecule has 19 heavy (non-hydrogen) atoms. The summed E-state index contributed by atoms with van der Waals surface area (Å²) in [4.78, 5) is 0. The van der Waals surface area contributed by atoms with Crippen LogP contribution in [0.3, 0.4) is 0 Å². The van der Waals surface area contributed by atoms with Gasteiger partial charge in [-0.1, -0.05) is 17.3 Å². The summed E-state index contributed by atoms with van der Waals surface area (Å²) in [5.41, 5.74) is 1.65. The van der Waals surface area contributed by atoms with Gasteiger partial charge in [-0.05, 0) is 31.0 Å². The molecule has 1 aromatic rings. The Morgan fingerprint density at radius 2 is 2.11 bits per heavy atom. The minimum Gasteiger partial charge on any atom is -0.489 e. The molecule has 0 aromatic heterocycles. The zero-order valence-electron chi connectivity index (χ0n) is 10.7. The zero-order chi connectivity index (χ0) is 13.9. The average Bonchev–Trinajstić information content (AvgIpc) is 2.71. The minimum absolute atomic E-state index is 0.102. The molecule has 104 valence electrons. The second-order valence-corrected chi connectivity index (χ2v) is 7.03. The van der Waals surface area contributed by atoms with Crippen molar-refractivity contribution in [2.75, 3.05) is 11.5 Å². The number of rotatable bonds is 4. The third-order valence-corrected chi connectivity index (χ3v) is 4.78. The van der Waals surface area contributed by atoms with Crippen LogP contribution in [-0.2, 0) is 16.3 Å². The number of nitrogens with zero attached hydrogens (tertiary/aromatic N) is 1. The molecule has 0 radical (unpaired) electrons.